The van der Waals surface area contributed by atoms with Crippen molar-refractivity contribution in [3.05, 3.63) is 94.0 Å². The summed E-state index contributed by atoms with van der Waals surface area (Å²) < 4.78 is 0. The van der Waals surface area contributed by atoms with Gasteiger partial charge < -0.3 is 0 Å². The predicted molar refractivity (Wildman–Crippen MR) is 134 cm³/mol. The van der Waals surface area contributed by atoms with E-state index in [2.05, 4.69) is 32.9 Å². The normalized spacial score (nSPS) is 22.4. The quantitative estimate of drug-likeness (QED) is 0.398. The Labute approximate surface area is 208 Å². The van der Waals surface area contributed by atoms with Crippen molar-refractivity contribution in [3.63, 3.8) is 0 Å². The fourth-order valence-electron chi connectivity index (χ4n) is 4.61. The molecule has 2 amide bonds. The van der Waals surface area contributed by atoms with E-state index in [1.165, 1.54) is 11.6 Å². The fraction of sp³-hybridized carbons (Fsp3) is 0.259. The monoisotopic (exact) mass is 494 g/mol. The summed E-state index contributed by atoms with van der Waals surface area (Å²) in [5.41, 5.74) is 3.25. The second-order valence-corrected chi connectivity index (χ2v) is 10.5. The van der Waals surface area contributed by atoms with E-state index in [0.29, 0.717) is 10.7 Å². The van der Waals surface area contributed by atoms with Crippen molar-refractivity contribution in [1.29, 1.82) is 0 Å². The molecule has 2 aliphatic rings. The van der Waals surface area contributed by atoms with E-state index < -0.39 is 24.0 Å². The standard InChI is InChI=1S/C27H24Cl2N2O3/c1-27(2,3)17-11-9-16(10-12-17)23-22-24(34-31(23)18-7-5-4-6-8-18)26(33)30(25(22)32)19-13-14-20(28)21(29)15-19/h4-15,22-24H,1-3H3/t22-,23-,24-/m1/s1. The van der Waals surface area contributed by atoms with Gasteiger partial charge in [-0.15, -0.1) is 0 Å². The Kier molecular flexibility index (Phi) is 5.67. The number of hydrogen-bond acceptors (Lipinski definition) is 4. The Hall–Kier alpha value is -2.86. The number of imide groups is 1. The highest BCUT2D eigenvalue weighted by Gasteiger charge is 2.60. The number of carbonyl (C=O) groups excluding carboxylic acids is 2. The molecule has 3 atom stereocenters. The highest BCUT2D eigenvalue weighted by molar-refractivity contribution is 6.42. The molecule has 34 heavy (non-hydrogen) atoms. The van der Waals surface area contributed by atoms with Gasteiger partial charge in [0.25, 0.3) is 5.91 Å². The number of fused-ring (bicyclic) bond motifs is 1. The van der Waals surface area contributed by atoms with Crippen LogP contribution in [0.4, 0.5) is 11.4 Å². The molecule has 0 unspecified atom stereocenters. The summed E-state index contributed by atoms with van der Waals surface area (Å²) in [7, 11) is 0. The van der Waals surface area contributed by atoms with Gasteiger partial charge in [-0.2, -0.15) is 0 Å². The molecule has 3 aromatic carbocycles. The first-order valence-corrected chi connectivity index (χ1v) is 11.9. The van der Waals surface area contributed by atoms with Crippen molar-refractivity contribution in [2.75, 3.05) is 9.96 Å². The minimum atomic E-state index is -0.936. The second kappa shape index (κ2) is 8.42. The topological polar surface area (TPSA) is 49.9 Å². The maximum atomic E-state index is 13.7. The minimum absolute atomic E-state index is 0.00382. The van der Waals surface area contributed by atoms with Crippen molar-refractivity contribution < 1.29 is 14.4 Å². The van der Waals surface area contributed by atoms with Gasteiger partial charge in [0, 0.05) is 0 Å². The lowest BCUT2D eigenvalue weighted by Crippen LogP contribution is -2.37. The number of amides is 2. The van der Waals surface area contributed by atoms with Crippen LogP contribution >= 0.6 is 23.2 Å². The first-order valence-electron chi connectivity index (χ1n) is 11.1. The molecule has 174 valence electrons. The van der Waals surface area contributed by atoms with Gasteiger partial charge in [0.15, 0.2) is 6.10 Å². The Bertz CT molecular complexity index is 1260. The van der Waals surface area contributed by atoms with E-state index in [1.807, 2.05) is 42.5 Å². The smallest absolute Gasteiger partial charge is 0.266 e. The zero-order valence-corrected chi connectivity index (χ0v) is 20.5. The highest BCUT2D eigenvalue weighted by Crippen LogP contribution is 2.48. The number of benzene rings is 3. The second-order valence-electron chi connectivity index (χ2n) is 9.64. The Morgan fingerprint density at radius 1 is 0.794 bits per heavy atom. The molecule has 0 aromatic heterocycles. The summed E-state index contributed by atoms with van der Waals surface area (Å²) in [6, 6.07) is 22.0. The Morgan fingerprint density at radius 3 is 2.09 bits per heavy atom. The van der Waals surface area contributed by atoms with Crippen LogP contribution in [0.1, 0.15) is 37.9 Å². The molecule has 0 radical (unpaired) electrons. The van der Waals surface area contributed by atoms with Crippen molar-refractivity contribution >= 4 is 46.4 Å². The lowest BCUT2D eigenvalue weighted by atomic mass is 9.84. The molecule has 3 aromatic rings. The zero-order chi connectivity index (χ0) is 24.2. The summed E-state index contributed by atoms with van der Waals surface area (Å²) in [5, 5.41) is 2.33. The van der Waals surface area contributed by atoms with E-state index in [9.17, 15) is 9.59 Å². The lowest BCUT2D eigenvalue weighted by Gasteiger charge is -2.29. The third-order valence-electron chi connectivity index (χ3n) is 6.41. The summed E-state index contributed by atoms with van der Waals surface area (Å²) >= 11 is 12.2. The lowest BCUT2D eigenvalue weighted by molar-refractivity contribution is -0.126. The van der Waals surface area contributed by atoms with Gasteiger partial charge in [0.05, 0.1) is 27.5 Å². The van der Waals surface area contributed by atoms with Crippen molar-refractivity contribution in [3.8, 4) is 0 Å². The average molecular weight is 495 g/mol. The van der Waals surface area contributed by atoms with Gasteiger partial charge in [-0.1, -0.05) is 86.4 Å². The molecule has 0 spiro atoms. The number of rotatable bonds is 3. The number of nitrogens with zero attached hydrogens (tertiary/aromatic N) is 2. The molecule has 5 nitrogen and oxygen atoms in total. The van der Waals surface area contributed by atoms with Gasteiger partial charge in [0.1, 0.15) is 5.92 Å². The van der Waals surface area contributed by atoms with Crippen LogP contribution in [0.15, 0.2) is 72.8 Å². The third-order valence-corrected chi connectivity index (χ3v) is 7.14. The minimum Gasteiger partial charge on any atom is -0.273 e. The number of hydroxylamine groups is 1. The first-order chi connectivity index (χ1) is 16.2. The van der Waals surface area contributed by atoms with Gasteiger partial charge in [0.2, 0.25) is 5.91 Å². The molecule has 2 fully saturated rings. The van der Waals surface area contributed by atoms with E-state index in [-0.39, 0.29) is 16.3 Å². The van der Waals surface area contributed by atoms with Crippen LogP contribution in [0.5, 0.6) is 0 Å². The van der Waals surface area contributed by atoms with Gasteiger partial charge in [-0.25, -0.2) is 9.96 Å². The van der Waals surface area contributed by atoms with Gasteiger partial charge >= 0.3 is 0 Å². The van der Waals surface area contributed by atoms with Crippen LogP contribution in [0.2, 0.25) is 10.0 Å². The predicted octanol–water partition coefficient (Wildman–Crippen LogP) is 6.34. The van der Waals surface area contributed by atoms with Crippen molar-refractivity contribution in [2.24, 2.45) is 5.92 Å². The number of halogens is 2. The SMILES string of the molecule is CC(C)(C)c1ccc([C@@H]2[C@H]3C(=O)N(c4ccc(Cl)c(Cl)c4)C(=O)[C@@H]3ON2c2ccccc2)cc1. The Morgan fingerprint density at radius 2 is 1.47 bits per heavy atom. The van der Waals surface area contributed by atoms with E-state index in [0.717, 1.165) is 16.2 Å². The molecule has 0 N–H and O–H groups in total. The van der Waals surface area contributed by atoms with E-state index in [4.69, 9.17) is 28.0 Å². The maximum Gasteiger partial charge on any atom is 0.266 e. The summed E-state index contributed by atoms with van der Waals surface area (Å²) in [6.45, 7) is 6.46. The molecule has 2 aliphatic heterocycles. The molecule has 5 rings (SSSR count). The largest absolute Gasteiger partial charge is 0.273 e. The van der Waals surface area contributed by atoms with Crippen LogP contribution < -0.4 is 9.96 Å². The van der Waals surface area contributed by atoms with Crippen molar-refractivity contribution in [2.45, 2.75) is 38.3 Å². The van der Waals surface area contributed by atoms with Crippen LogP contribution in [-0.2, 0) is 19.8 Å². The van der Waals surface area contributed by atoms with E-state index in [1.54, 1.807) is 17.2 Å². The van der Waals surface area contributed by atoms with Crippen molar-refractivity contribution in [1.82, 2.24) is 0 Å². The number of carbonyl (C=O) groups is 2. The summed E-state index contributed by atoms with van der Waals surface area (Å²) in [4.78, 5) is 34.5. The highest BCUT2D eigenvalue weighted by atomic mass is 35.5. The number of anilines is 2. The third kappa shape index (κ3) is 3.78. The average Bonchev–Trinajstić information content (AvgIpc) is 3.32. The molecular weight excluding hydrogens is 471 g/mol. The molecule has 0 aliphatic carbocycles. The van der Waals surface area contributed by atoms with E-state index >= 15 is 0 Å². The maximum absolute atomic E-state index is 13.7. The molecular formula is C27H24Cl2N2O3. The molecule has 0 saturated carbocycles. The zero-order valence-electron chi connectivity index (χ0n) is 19.0. The van der Waals surface area contributed by atoms with Crippen LogP contribution in [-0.4, -0.2) is 17.9 Å². The molecule has 2 saturated heterocycles. The molecule has 2 heterocycles. The van der Waals surface area contributed by atoms with Gasteiger partial charge in [-0.3, -0.25) is 14.4 Å². The number of para-hydroxylation sites is 1. The van der Waals surface area contributed by atoms with Crippen LogP contribution in [0.25, 0.3) is 0 Å². The van der Waals surface area contributed by atoms with Crippen LogP contribution in [0.3, 0.4) is 0 Å². The Balaban J connectivity index is 1.57. The molecule has 0 bridgehead atoms. The summed E-state index contributed by atoms with van der Waals surface area (Å²) in [5.74, 6) is -1.44. The van der Waals surface area contributed by atoms with Gasteiger partial charge in [-0.05, 0) is 46.9 Å². The fourth-order valence-corrected chi connectivity index (χ4v) is 4.90. The first kappa shape index (κ1) is 22.9. The van der Waals surface area contributed by atoms with Crippen LogP contribution in [0, 0.1) is 5.92 Å². The molecule has 7 heteroatoms. The number of hydrogen-bond donors (Lipinski definition) is 0. The summed E-state index contributed by atoms with van der Waals surface area (Å²) in [6.07, 6.45) is -0.936.